The first-order valence-corrected chi connectivity index (χ1v) is 8.59. The zero-order valence-corrected chi connectivity index (χ0v) is 13.5. The Morgan fingerprint density at radius 2 is 2.19 bits per heavy atom. The molecule has 21 heavy (non-hydrogen) atoms. The van der Waals surface area contributed by atoms with Crippen molar-refractivity contribution in [3.05, 3.63) is 35.9 Å². The van der Waals surface area contributed by atoms with E-state index in [0.29, 0.717) is 6.61 Å². The van der Waals surface area contributed by atoms with Gasteiger partial charge in [-0.25, -0.2) is 4.79 Å². The van der Waals surface area contributed by atoms with Crippen molar-refractivity contribution in [2.24, 2.45) is 0 Å². The predicted octanol–water partition coefficient (Wildman–Crippen LogP) is 3.34. The molecule has 114 valence electrons. The summed E-state index contributed by atoms with van der Waals surface area (Å²) in [6.45, 7) is 1.10. The lowest BCUT2D eigenvalue weighted by Crippen LogP contribution is -2.48. The number of hydrogen-bond donors (Lipinski definition) is 0. The average Bonchev–Trinajstić information content (AvgIpc) is 2.96. The number of halogens is 1. The van der Waals surface area contributed by atoms with E-state index in [1.165, 1.54) is 0 Å². The molecule has 0 saturated carbocycles. The molecule has 1 amide bonds. The quantitative estimate of drug-likeness (QED) is 0.782. The minimum Gasteiger partial charge on any atom is -0.445 e. The number of piperidine rings is 1. The Kier molecular flexibility index (Phi) is 4.80. The van der Waals surface area contributed by atoms with E-state index < -0.39 is 0 Å². The molecule has 0 radical (unpaired) electrons. The molecule has 5 heteroatoms. The van der Waals surface area contributed by atoms with Crippen molar-refractivity contribution in [3.8, 4) is 0 Å². The number of benzene rings is 1. The molecule has 2 aliphatic heterocycles. The van der Waals surface area contributed by atoms with Crippen molar-refractivity contribution in [3.63, 3.8) is 0 Å². The van der Waals surface area contributed by atoms with E-state index in [4.69, 9.17) is 9.47 Å². The standard InChI is InChI=1S/C16H20BrNO3/c17-10-13-9-14-15(21-13)7-4-8-18(14)16(19)20-11-12-5-2-1-3-6-12/h1-3,5-6,13-15H,4,7-11H2/t13?,14-,15-/m0/s1. The number of likely N-dealkylation sites (tertiary alicyclic amines) is 1. The van der Waals surface area contributed by atoms with Gasteiger partial charge < -0.3 is 14.4 Å². The fourth-order valence-electron chi connectivity index (χ4n) is 3.16. The molecule has 1 aromatic carbocycles. The topological polar surface area (TPSA) is 38.8 Å². The van der Waals surface area contributed by atoms with Crippen molar-refractivity contribution < 1.29 is 14.3 Å². The molecule has 0 aliphatic carbocycles. The molecule has 0 bridgehead atoms. The van der Waals surface area contributed by atoms with Crippen LogP contribution in [0.3, 0.4) is 0 Å². The summed E-state index contributed by atoms with van der Waals surface area (Å²) in [5.74, 6) is 0. The second kappa shape index (κ2) is 6.79. The van der Waals surface area contributed by atoms with Gasteiger partial charge in [0, 0.05) is 11.9 Å². The molecule has 0 aromatic heterocycles. The summed E-state index contributed by atoms with van der Waals surface area (Å²) >= 11 is 3.47. The maximum atomic E-state index is 12.3. The number of rotatable bonds is 3. The van der Waals surface area contributed by atoms with E-state index in [2.05, 4.69) is 15.9 Å². The van der Waals surface area contributed by atoms with Crippen LogP contribution in [-0.2, 0) is 16.1 Å². The molecule has 2 heterocycles. The van der Waals surface area contributed by atoms with Gasteiger partial charge in [0.15, 0.2) is 0 Å². The molecule has 2 fully saturated rings. The molecule has 3 rings (SSSR count). The maximum absolute atomic E-state index is 12.3. The highest BCUT2D eigenvalue weighted by Crippen LogP contribution is 2.33. The Labute approximate surface area is 133 Å². The molecule has 0 spiro atoms. The molecule has 2 aliphatic rings. The molecule has 0 N–H and O–H groups in total. The van der Waals surface area contributed by atoms with Crippen molar-refractivity contribution in [1.82, 2.24) is 4.90 Å². The molecule has 1 aromatic rings. The smallest absolute Gasteiger partial charge is 0.410 e. The summed E-state index contributed by atoms with van der Waals surface area (Å²) in [5.41, 5.74) is 1.01. The van der Waals surface area contributed by atoms with Crippen LogP contribution >= 0.6 is 15.9 Å². The highest BCUT2D eigenvalue weighted by molar-refractivity contribution is 9.09. The molecular formula is C16H20BrNO3. The van der Waals surface area contributed by atoms with Gasteiger partial charge in [0.1, 0.15) is 6.61 Å². The summed E-state index contributed by atoms with van der Waals surface area (Å²) in [6, 6.07) is 9.95. The van der Waals surface area contributed by atoms with Crippen molar-refractivity contribution >= 4 is 22.0 Å². The minimum absolute atomic E-state index is 0.171. The van der Waals surface area contributed by atoms with Crippen molar-refractivity contribution in [2.45, 2.75) is 44.1 Å². The summed E-state index contributed by atoms with van der Waals surface area (Å²) in [7, 11) is 0. The van der Waals surface area contributed by atoms with E-state index in [-0.39, 0.29) is 24.3 Å². The maximum Gasteiger partial charge on any atom is 0.410 e. The van der Waals surface area contributed by atoms with Gasteiger partial charge in [-0.1, -0.05) is 46.3 Å². The summed E-state index contributed by atoms with van der Waals surface area (Å²) in [5, 5.41) is 0.826. The van der Waals surface area contributed by atoms with Crippen LogP contribution in [-0.4, -0.2) is 41.1 Å². The Hall–Kier alpha value is -1.07. The fraction of sp³-hybridized carbons (Fsp3) is 0.562. The Balaban J connectivity index is 1.59. The van der Waals surface area contributed by atoms with E-state index in [1.807, 2.05) is 35.2 Å². The predicted molar refractivity (Wildman–Crippen MR) is 83.4 cm³/mol. The zero-order valence-electron chi connectivity index (χ0n) is 11.9. The van der Waals surface area contributed by atoms with Gasteiger partial charge >= 0.3 is 6.09 Å². The van der Waals surface area contributed by atoms with Crippen LogP contribution in [0.5, 0.6) is 0 Å². The molecular weight excluding hydrogens is 334 g/mol. The van der Waals surface area contributed by atoms with Gasteiger partial charge in [-0.3, -0.25) is 0 Å². The van der Waals surface area contributed by atoms with E-state index in [9.17, 15) is 4.79 Å². The first kappa shape index (κ1) is 14.9. The van der Waals surface area contributed by atoms with Gasteiger partial charge in [0.2, 0.25) is 0 Å². The largest absolute Gasteiger partial charge is 0.445 e. The van der Waals surface area contributed by atoms with Gasteiger partial charge in [-0.15, -0.1) is 0 Å². The van der Waals surface area contributed by atoms with Crippen LogP contribution in [0.25, 0.3) is 0 Å². The summed E-state index contributed by atoms with van der Waals surface area (Å²) < 4.78 is 11.4. The number of carbonyl (C=O) groups is 1. The van der Waals surface area contributed by atoms with Gasteiger partial charge in [0.25, 0.3) is 0 Å². The number of ether oxygens (including phenoxy) is 2. The fourth-order valence-corrected chi connectivity index (χ4v) is 3.58. The zero-order chi connectivity index (χ0) is 14.7. The number of fused-ring (bicyclic) bond motifs is 1. The monoisotopic (exact) mass is 353 g/mol. The second-order valence-corrected chi connectivity index (χ2v) is 6.28. The third-order valence-corrected chi connectivity index (χ3v) is 4.92. The Bertz CT molecular complexity index is 482. The normalized spacial score (nSPS) is 28.2. The van der Waals surface area contributed by atoms with Crippen LogP contribution in [0.15, 0.2) is 30.3 Å². The van der Waals surface area contributed by atoms with Crippen molar-refractivity contribution in [1.29, 1.82) is 0 Å². The molecule has 3 atom stereocenters. The number of carbonyl (C=O) groups excluding carboxylic acids is 1. The number of alkyl halides is 1. The highest BCUT2D eigenvalue weighted by Gasteiger charge is 2.42. The lowest BCUT2D eigenvalue weighted by atomic mass is 9.98. The van der Waals surface area contributed by atoms with E-state index >= 15 is 0 Å². The average molecular weight is 354 g/mol. The Morgan fingerprint density at radius 1 is 1.38 bits per heavy atom. The van der Waals surface area contributed by atoms with Crippen LogP contribution in [0.1, 0.15) is 24.8 Å². The van der Waals surface area contributed by atoms with Gasteiger partial charge in [0.05, 0.1) is 18.2 Å². The third kappa shape index (κ3) is 3.40. The molecule has 4 nitrogen and oxygen atoms in total. The SMILES string of the molecule is O=C(OCc1ccccc1)N1CCC[C@@H]2OC(CBr)C[C@@H]21. The summed E-state index contributed by atoms with van der Waals surface area (Å²) in [4.78, 5) is 14.2. The minimum atomic E-state index is -0.215. The molecule has 1 unspecified atom stereocenters. The first-order valence-electron chi connectivity index (χ1n) is 7.46. The number of amides is 1. The first-order chi connectivity index (χ1) is 10.3. The Morgan fingerprint density at radius 3 is 2.95 bits per heavy atom. The highest BCUT2D eigenvalue weighted by atomic mass is 79.9. The lowest BCUT2D eigenvalue weighted by Gasteiger charge is -2.35. The molecule has 2 saturated heterocycles. The summed E-state index contributed by atoms with van der Waals surface area (Å²) in [6.07, 6.45) is 3.09. The van der Waals surface area contributed by atoms with E-state index in [0.717, 1.165) is 36.7 Å². The van der Waals surface area contributed by atoms with Crippen LogP contribution in [0, 0.1) is 0 Å². The lowest BCUT2D eigenvalue weighted by molar-refractivity contribution is 0.000548. The number of hydrogen-bond acceptors (Lipinski definition) is 3. The van der Waals surface area contributed by atoms with Crippen LogP contribution in [0.4, 0.5) is 4.79 Å². The second-order valence-electron chi connectivity index (χ2n) is 5.63. The van der Waals surface area contributed by atoms with Crippen LogP contribution in [0.2, 0.25) is 0 Å². The van der Waals surface area contributed by atoms with Gasteiger partial charge in [-0.05, 0) is 24.8 Å². The van der Waals surface area contributed by atoms with E-state index in [1.54, 1.807) is 0 Å². The van der Waals surface area contributed by atoms with Crippen molar-refractivity contribution in [2.75, 3.05) is 11.9 Å². The third-order valence-electron chi connectivity index (χ3n) is 4.20. The number of nitrogens with zero attached hydrogens (tertiary/aromatic N) is 1. The van der Waals surface area contributed by atoms with Crippen LogP contribution < -0.4 is 0 Å². The van der Waals surface area contributed by atoms with Gasteiger partial charge in [-0.2, -0.15) is 0 Å².